The minimum absolute atomic E-state index is 0.165. The van der Waals surface area contributed by atoms with Crippen LogP contribution in [-0.4, -0.2) is 5.78 Å². The maximum absolute atomic E-state index is 11.2. The molecule has 1 nitrogen and oxygen atoms in total. The first-order chi connectivity index (χ1) is 6.11. The Labute approximate surface area is 92.5 Å². The third kappa shape index (κ3) is 1.37. The zero-order valence-electron chi connectivity index (χ0n) is 7.18. The molecule has 0 atom stereocenters. The monoisotopic (exact) mass is 274 g/mol. The van der Waals surface area contributed by atoms with Crippen molar-refractivity contribution in [3.05, 3.63) is 20.3 Å². The van der Waals surface area contributed by atoms with E-state index >= 15 is 0 Å². The highest BCUT2D eigenvalue weighted by atomic mass is 79.9. The van der Waals surface area contributed by atoms with Gasteiger partial charge in [-0.25, -0.2) is 0 Å². The van der Waals surface area contributed by atoms with Crippen LogP contribution in [0.4, 0.5) is 0 Å². The van der Waals surface area contributed by atoms with Crippen molar-refractivity contribution in [1.82, 2.24) is 0 Å². The van der Waals surface area contributed by atoms with Gasteiger partial charge in [0, 0.05) is 14.6 Å². The molecule has 0 saturated carbocycles. The predicted molar refractivity (Wildman–Crippen MR) is 62.1 cm³/mol. The van der Waals surface area contributed by atoms with Gasteiger partial charge in [0.15, 0.2) is 5.78 Å². The first kappa shape index (κ1) is 9.37. The van der Waals surface area contributed by atoms with E-state index < -0.39 is 0 Å². The highest BCUT2D eigenvalue weighted by Gasteiger charge is 2.14. The number of aryl methyl sites for hydroxylation is 1. The molecule has 0 bridgehead atoms. The van der Waals surface area contributed by atoms with Crippen LogP contribution >= 0.6 is 38.6 Å². The second-order valence-electron chi connectivity index (χ2n) is 2.85. The van der Waals surface area contributed by atoms with Crippen LogP contribution < -0.4 is 0 Å². The van der Waals surface area contributed by atoms with E-state index in [0.717, 1.165) is 14.9 Å². The quantitative estimate of drug-likeness (QED) is 0.711. The van der Waals surface area contributed by atoms with Crippen molar-refractivity contribution >= 4 is 53.8 Å². The number of rotatable bonds is 1. The van der Waals surface area contributed by atoms with E-state index in [2.05, 4.69) is 21.3 Å². The van der Waals surface area contributed by atoms with E-state index in [1.54, 1.807) is 29.6 Å². The van der Waals surface area contributed by atoms with E-state index in [1.807, 2.05) is 6.92 Å². The molecule has 13 heavy (non-hydrogen) atoms. The Morgan fingerprint density at radius 1 is 1.46 bits per heavy atom. The highest BCUT2D eigenvalue weighted by molar-refractivity contribution is 9.10. The number of hydrogen-bond acceptors (Lipinski definition) is 3. The van der Waals surface area contributed by atoms with Gasteiger partial charge < -0.3 is 0 Å². The molecular formula is C9H7BrOS2. The number of Topliss-reactive ketones (excluding diaryl/α,β-unsaturated/α-hetero) is 1. The molecule has 0 aromatic carbocycles. The molecule has 0 N–H and O–H groups in total. The van der Waals surface area contributed by atoms with Crippen LogP contribution in [-0.2, 0) is 0 Å². The molecule has 2 aromatic rings. The lowest BCUT2D eigenvalue weighted by molar-refractivity contribution is 0.102. The third-order valence-electron chi connectivity index (χ3n) is 1.91. The van der Waals surface area contributed by atoms with Crippen molar-refractivity contribution in [3.63, 3.8) is 0 Å². The van der Waals surface area contributed by atoms with Gasteiger partial charge in [-0.1, -0.05) is 0 Å². The third-order valence-corrected chi connectivity index (χ3v) is 5.75. The van der Waals surface area contributed by atoms with E-state index in [9.17, 15) is 4.79 Å². The summed E-state index contributed by atoms with van der Waals surface area (Å²) < 4.78 is 3.54. The molecule has 2 rings (SSSR count). The lowest BCUT2D eigenvalue weighted by atomic mass is 10.2. The second-order valence-corrected chi connectivity index (χ2v) is 5.61. The highest BCUT2D eigenvalue weighted by Crippen LogP contribution is 2.40. The second kappa shape index (κ2) is 3.19. The molecule has 0 aliphatic rings. The van der Waals surface area contributed by atoms with Crippen molar-refractivity contribution in [2.75, 3.05) is 0 Å². The van der Waals surface area contributed by atoms with E-state index in [0.29, 0.717) is 0 Å². The molecule has 68 valence electrons. The summed E-state index contributed by atoms with van der Waals surface area (Å²) in [5.41, 5.74) is 1.13. The number of hydrogen-bond donors (Lipinski definition) is 0. The van der Waals surface area contributed by atoms with Gasteiger partial charge in [-0.05, 0) is 35.3 Å². The molecule has 0 fully saturated rings. The fourth-order valence-electron chi connectivity index (χ4n) is 1.30. The molecule has 4 heteroatoms. The topological polar surface area (TPSA) is 17.1 Å². The summed E-state index contributed by atoms with van der Waals surface area (Å²) in [5, 5.41) is 2.07. The van der Waals surface area contributed by atoms with Crippen molar-refractivity contribution in [2.24, 2.45) is 0 Å². The zero-order valence-corrected chi connectivity index (χ0v) is 10.4. The summed E-state index contributed by atoms with van der Waals surface area (Å²) in [4.78, 5) is 12.1. The Morgan fingerprint density at radius 3 is 2.69 bits per heavy atom. The van der Waals surface area contributed by atoms with Crippen LogP contribution in [0.25, 0.3) is 9.40 Å². The Kier molecular flexibility index (Phi) is 2.30. The first-order valence-electron chi connectivity index (χ1n) is 3.78. The van der Waals surface area contributed by atoms with Crippen molar-refractivity contribution in [3.8, 4) is 0 Å². The molecule has 0 unspecified atom stereocenters. The summed E-state index contributed by atoms with van der Waals surface area (Å²) in [7, 11) is 0. The first-order valence-corrected chi connectivity index (χ1v) is 6.27. The molecule has 0 aliphatic carbocycles. The van der Waals surface area contributed by atoms with E-state index in [-0.39, 0.29) is 5.78 Å². The smallest absolute Gasteiger partial charge is 0.170 e. The molecule has 0 saturated heterocycles. The number of ketones is 1. The van der Waals surface area contributed by atoms with Crippen LogP contribution in [0.1, 0.15) is 22.2 Å². The Morgan fingerprint density at radius 2 is 2.15 bits per heavy atom. The van der Waals surface area contributed by atoms with Gasteiger partial charge >= 0.3 is 0 Å². The minimum atomic E-state index is 0.165. The average Bonchev–Trinajstić information content (AvgIpc) is 2.55. The summed E-state index contributed by atoms with van der Waals surface area (Å²) >= 11 is 6.74. The number of carbonyl (C=O) groups excluding carboxylic acids is 1. The van der Waals surface area contributed by atoms with Gasteiger partial charge in [-0.2, -0.15) is 0 Å². The summed E-state index contributed by atoms with van der Waals surface area (Å²) in [6.07, 6.45) is 0. The van der Waals surface area contributed by atoms with Gasteiger partial charge in [0.2, 0.25) is 0 Å². The lowest BCUT2D eigenvalue weighted by Crippen LogP contribution is -1.88. The van der Waals surface area contributed by atoms with Gasteiger partial charge in [-0.3, -0.25) is 4.79 Å². The average molecular weight is 275 g/mol. The van der Waals surface area contributed by atoms with Crippen molar-refractivity contribution in [2.45, 2.75) is 13.8 Å². The van der Waals surface area contributed by atoms with Gasteiger partial charge in [0.05, 0.1) is 9.58 Å². The lowest BCUT2D eigenvalue weighted by Gasteiger charge is -1.89. The van der Waals surface area contributed by atoms with Crippen LogP contribution in [0.2, 0.25) is 0 Å². The fourth-order valence-corrected chi connectivity index (χ4v) is 4.40. The number of fused-ring (bicyclic) bond motifs is 1. The van der Waals surface area contributed by atoms with Crippen LogP contribution in [0.3, 0.4) is 0 Å². The molecule has 0 spiro atoms. The van der Waals surface area contributed by atoms with E-state index in [1.165, 1.54) is 9.40 Å². The Balaban J connectivity index is 2.81. The number of carbonyl (C=O) groups is 1. The van der Waals surface area contributed by atoms with Gasteiger partial charge in [-0.15, -0.1) is 22.7 Å². The SMILES string of the molecule is CC(=O)c1sc2c(Br)csc2c1C. The zero-order chi connectivity index (χ0) is 9.59. The molecule has 2 aromatic heterocycles. The molecule has 0 amide bonds. The Bertz CT molecular complexity index is 481. The molecule has 2 heterocycles. The van der Waals surface area contributed by atoms with Crippen LogP contribution in [0, 0.1) is 6.92 Å². The summed E-state index contributed by atoms with van der Waals surface area (Å²) in [5.74, 6) is 0.165. The largest absolute Gasteiger partial charge is 0.294 e. The van der Waals surface area contributed by atoms with Gasteiger partial charge in [0.25, 0.3) is 0 Å². The Hall–Kier alpha value is -0.190. The van der Waals surface area contributed by atoms with Crippen molar-refractivity contribution < 1.29 is 4.79 Å². The summed E-state index contributed by atoms with van der Waals surface area (Å²) in [6.45, 7) is 3.63. The number of thiophene rings is 2. The van der Waals surface area contributed by atoms with Gasteiger partial charge in [0.1, 0.15) is 0 Å². The normalized spacial score (nSPS) is 11.0. The summed E-state index contributed by atoms with van der Waals surface area (Å²) in [6, 6.07) is 0. The minimum Gasteiger partial charge on any atom is -0.294 e. The van der Waals surface area contributed by atoms with Crippen LogP contribution in [0.15, 0.2) is 9.85 Å². The predicted octanol–water partition coefficient (Wildman–Crippen LogP) is 4.24. The van der Waals surface area contributed by atoms with Crippen LogP contribution in [0.5, 0.6) is 0 Å². The standard InChI is InChI=1S/C9H7BrOS2/c1-4-7(5(2)11)13-9-6(10)3-12-8(4)9/h3H,1-2H3. The van der Waals surface area contributed by atoms with Crippen molar-refractivity contribution in [1.29, 1.82) is 0 Å². The number of halogens is 1. The fraction of sp³-hybridized carbons (Fsp3) is 0.222. The molecular weight excluding hydrogens is 268 g/mol. The maximum Gasteiger partial charge on any atom is 0.170 e. The molecule has 0 aliphatic heterocycles. The molecule has 0 radical (unpaired) electrons. The maximum atomic E-state index is 11.2. The van der Waals surface area contributed by atoms with E-state index in [4.69, 9.17) is 0 Å².